The fourth-order valence-corrected chi connectivity index (χ4v) is 1.57. The summed E-state index contributed by atoms with van der Waals surface area (Å²) in [5, 5.41) is 12.5. The van der Waals surface area contributed by atoms with Crippen molar-refractivity contribution in [2.24, 2.45) is 0 Å². The normalized spacial score (nSPS) is 13.6. The lowest BCUT2D eigenvalue weighted by Gasteiger charge is -2.21. The number of nitrogens with one attached hydrogen (secondary N) is 1. The molecule has 0 spiro atoms. The lowest BCUT2D eigenvalue weighted by Crippen LogP contribution is -2.44. The van der Waals surface area contributed by atoms with Crippen LogP contribution in [0.25, 0.3) is 0 Å². The van der Waals surface area contributed by atoms with Gasteiger partial charge >= 0.3 is 5.97 Å². The number of methoxy groups -OCH3 is 1. The summed E-state index contributed by atoms with van der Waals surface area (Å²) in [6, 6.07) is 5.95. The molecule has 1 rings (SSSR count). The third-order valence-electron chi connectivity index (χ3n) is 2.55. The van der Waals surface area contributed by atoms with Gasteiger partial charge in [-0.25, -0.2) is 4.79 Å². The van der Waals surface area contributed by atoms with Crippen molar-refractivity contribution in [2.45, 2.75) is 26.0 Å². The van der Waals surface area contributed by atoms with Crippen LogP contribution in [0, 0.1) is 6.92 Å². The van der Waals surface area contributed by atoms with Gasteiger partial charge in [0.05, 0.1) is 7.11 Å². The maximum atomic E-state index is 11.5. The molecule has 1 amide bonds. The van der Waals surface area contributed by atoms with Gasteiger partial charge in [0.15, 0.2) is 6.04 Å². The van der Waals surface area contributed by atoms with Gasteiger partial charge in [0.25, 0.3) is 0 Å². The van der Waals surface area contributed by atoms with Gasteiger partial charge < -0.3 is 15.2 Å². The predicted molar refractivity (Wildman–Crippen MR) is 65.8 cm³/mol. The number of rotatable bonds is 4. The molecule has 0 radical (unpaired) electrons. The van der Waals surface area contributed by atoms with Crippen LogP contribution in [0.4, 0.5) is 0 Å². The molecule has 0 heterocycles. The Kier molecular flexibility index (Phi) is 4.85. The number of carbonyl (C=O) groups excluding carboxylic acids is 2. The molecule has 5 nitrogen and oxygen atoms in total. The fourth-order valence-electron chi connectivity index (χ4n) is 1.57. The van der Waals surface area contributed by atoms with E-state index in [2.05, 4.69) is 10.1 Å². The Bertz CT molecular complexity index is 427. The molecule has 2 atom stereocenters. The molecule has 0 bridgehead atoms. The lowest BCUT2D eigenvalue weighted by molar-refractivity contribution is -0.148. The Hall–Kier alpha value is -1.88. The molecule has 98 valence electrons. The molecule has 18 heavy (non-hydrogen) atoms. The molecule has 0 saturated heterocycles. The van der Waals surface area contributed by atoms with E-state index < -0.39 is 24.0 Å². The Morgan fingerprint density at radius 2 is 1.83 bits per heavy atom. The summed E-state index contributed by atoms with van der Waals surface area (Å²) >= 11 is 0. The van der Waals surface area contributed by atoms with Crippen LogP contribution in [0.3, 0.4) is 0 Å². The van der Waals surface area contributed by atoms with E-state index in [-0.39, 0.29) is 0 Å². The Morgan fingerprint density at radius 1 is 1.28 bits per heavy atom. The quantitative estimate of drug-likeness (QED) is 0.773. The second kappa shape index (κ2) is 6.16. The van der Waals surface area contributed by atoms with Crippen LogP contribution in [-0.4, -0.2) is 30.1 Å². The van der Waals surface area contributed by atoms with Gasteiger partial charge in [0, 0.05) is 6.92 Å². The summed E-state index contributed by atoms with van der Waals surface area (Å²) in [4.78, 5) is 22.6. The van der Waals surface area contributed by atoms with Crippen LogP contribution in [0.1, 0.15) is 24.2 Å². The summed E-state index contributed by atoms with van der Waals surface area (Å²) < 4.78 is 4.57. The van der Waals surface area contributed by atoms with Crippen LogP contribution < -0.4 is 5.32 Å². The highest BCUT2D eigenvalue weighted by molar-refractivity contribution is 5.83. The molecule has 0 aliphatic rings. The molecule has 5 heteroatoms. The van der Waals surface area contributed by atoms with Crippen molar-refractivity contribution in [1.29, 1.82) is 0 Å². The van der Waals surface area contributed by atoms with Crippen molar-refractivity contribution >= 4 is 11.9 Å². The topological polar surface area (TPSA) is 75.6 Å². The third kappa shape index (κ3) is 3.56. The average Bonchev–Trinajstić information content (AvgIpc) is 2.35. The number of carbonyl (C=O) groups is 2. The van der Waals surface area contributed by atoms with Gasteiger partial charge in [0.2, 0.25) is 5.91 Å². The highest BCUT2D eigenvalue weighted by Gasteiger charge is 2.29. The number of esters is 1. The fraction of sp³-hybridized carbons (Fsp3) is 0.385. The number of hydrogen-bond donors (Lipinski definition) is 2. The first-order valence-corrected chi connectivity index (χ1v) is 5.55. The summed E-state index contributed by atoms with van der Waals surface area (Å²) in [7, 11) is 1.21. The number of aryl methyl sites for hydroxylation is 1. The third-order valence-corrected chi connectivity index (χ3v) is 2.55. The molecule has 1 aromatic rings. The second-order valence-electron chi connectivity index (χ2n) is 4.06. The average molecular weight is 251 g/mol. The van der Waals surface area contributed by atoms with Gasteiger partial charge in [-0.05, 0) is 12.5 Å². The standard InChI is InChI=1S/C13H17NO4/c1-8-4-6-10(7-5-8)12(16)11(13(17)18-3)14-9(2)15/h4-7,11-12,16H,1-3H3,(H,14,15)/t11-,12+/m0/s1. The molecule has 0 aliphatic heterocycles. The number of aliphatic hydroxyl groups is 1. The smallest absolute Gasteiger partial charge is 0.331 e. The van der Waals surface area contributed by atoms with E-state index in [9.17, 15) is 14.7 Å². The van der Waals surface area contributed by atoms with Gasteiger partial charge in [-0.3, -0.25) is 4.79 Å². The SMILES string of the molecule is COC(=O)[C@@H](NC(C)=O)[C@H](O)c1ccc(C)cc1. The van der Waals surface area contributed by atoms with E-state index >= 15 is 0 Å². The maximum Gasteiger partial charge on any atom is 0.331 e. The van der Waals surface area contributed by atoms with Crippen LogP contribution >= 0.6 is 0 Å². The van der Waals surface area contributed by atoms with Crippen LogP contribution in [-0.2, 0) is 14.3 Å². The number of benzene rings is 1. The van der Waals surface area contributed by atoms with Crippen molar-refractivity contribution in [2.75, 3.05) is 7.11 Å². The molecule has 0 unspecified atom stereocenters. The van der Waals surface area contributed by atoms with E-state index in [0.29, 0.717) is 5.56 Å². The summed E-state index contributed by atoms with van der Waals surface area (Å²) in [6.45, 7) is 3.19. The highest BCUT2D eigenvalue weighted by Crippen LogP contribution is 2.18. The van der Waals surface area contributed by atoms with Gasteiger partial charge in [-0.2, -0.15) is 0 Å². The van der Waals surface area contributed by atoms with Crippen molar-refractivity contribution in [3.05, 3.63) is 35.4 Å². The van der Waals surface area contributed by atoms with E-state index in [1.165, 1.54) is 14.0 Å². The molecule has 1 aromatic carbocycles. The van der Waals surface area contributed by atoms with Crippen molar-refractivity contribution < 1.29 is 19.4 Å². The first kappa shape index (κ1) is 14.2. The monoisotopic (exact) mass is 251 g/mol. The summed E-state index contributed by atoms with van der Waals surface area (Å²) in [6.07, 6.45) is -1.14. The maximum absolute atomic E-state index is 11.5. The Balaban J connectivity index is 2.94. The molecular weight excluding hydrogens is 234 g/mol. The van der Waals surface area contributed by atoms with Crippen molar-refractivity contribution in [3.8, 4) is 0 Å². The first-order chi connectivity index (χ1) is 8.45. The van der Waals surface area contributed by atoms with Crippen LogP contribution in [0.2, 0.25) is 0 Å². The zero-order chi connectivity index (χ0) is 13.7. The molecule has 0 aliphatic carbocycles. The van der Waals surface area contributed by atoms with Gasteiger partial charge in [-0.1, -0.05) is 29.8 Å². The molecular formula is C13H17NO4. The predicted octanol–water partition coefficient (Wildman–Crippen LogP) is 0.706. The molecule has 0 aromatic heterocycles. The number of amides is 1. The van der Waals surface area contributed by atoms with Gasteiger partial charge in [-0.15, -0.1) is 0 Å². The lowest BCUT2D eigenvalue weighted by atomic mass is 10.0. The number of aliphatic hydroxyl groups excluding tert-OH is 1. The Morgan fingerprint density at radius 3 is 2.28 bits per heavy atom. The summed E-state index contributed by atoms with van der Waals surface area (Å²) in [5.41, 5.74) is 1.59. The Labute approximate surface area is 106 Å². The van der Waals surface area contributed by atoms with Crippen molar-refractivity contribution in [1.82, 2.24) is 5.32 Å². The van der Waals surface area contributed by atoms with Gasteiger partial charge in [0.1, 0.15) is 6.10 Å². The van der Waals surface area contributed by atoms with Crippen LogP contribution in [0.15, 0.2) is 24.3 Å². The largest absolute Gasteiger partial charge is 0.467 e. The summed E-state index contributed by atoms with van der Waals surface area (Å²) in [5.74, 6) is -1.09. The molecule has 0 saturated carbocycles. The number of ether oxygens (including phenoxy) is 1. The van der Waals surface area contributed by atoms with E-state index in [1.54, 1.807) is 12.1 Å². The minimum absolute atomic E-state index is 0.406. The van der Waals surface area contributed by atoms with E-state index in [0.717, 1.165) is 5.56 Å². The van der Waals surface area contributed by atoms with Crippen LogP contribution in [0.5, 0.6) is 0 Å². The first-order valence-electron chi connectivity index (χ1n) is 5.55. The van der Waals surface area contributed by atoms with E-state index in [1.807, 2.05) is 19.1 Å². The molecule has 2 N–H and O–H groups in total. The molecule has 0 fully saturated rings. The number of hydrogen-bond acceptors (Lipinski definition) is 4. The highest BCUT2D eigenvalue weighted by atomic mass is 16.5. The zero-order valence-corrected chi connectivity index (χ0v) is 10.6. The minimum atomic E-state index is -1.14. The second-order valence-corrected chi connectivity index (χ2v) is 4.06. The van der Waals surface area contributed by atoms with E-state index in [4.69, 9.17) is 0 Å². The zero-order valence-electron chi connectivity index (χ0n) is 10.6. The minimum Gasteiger partial charge on any atom is -0.467 e. The van der Waals surface area contributed by atoms with Crippen molar-refractivity contribution in [3.63, 3.8) is 0 Å².